The van der Waals surface area contributed by atoms with Crippen LogP contribution in [-0.2, 0) is 6.42 Å². The first-order chi connectivity index (χ1) is 18.1. The molecule has 0 radical (unpaired) electrons. The van der Waals surface area contributed by atoms with E-state index in [1.54, 1.807) is 20.3 Å². The molecule has 2 saturated heterocycles. The Morgan fingerprint density at radius 1 is 0.838 bits per heavy atom. The summed E-state index contributed by atoms with van der Waals surface area (Å²) in [4.78, 5) is 18.2. The van der Waals surface area contributed by atoms with Crippen LogP contribution in [0.25, 0.3) is 0 Å². The maximum atomic E-state index is 13.6. The Morgan fingerprint density at radius 2 is 1.51 bits per heavy atom. The number of methoxy groups -OCH3 is 2. The molecule has 3 aromatic carbocycles. The van der Waals surface area contributed by atoms with Gasteiger partial charge in [-0.3, -0.25) is 4.79 Å². The topological polar surface area (TPSA) is 42.0 Å². The van der Waals surface area contributed by atoms with Crippen molar-refractivity contribution >= 4 is 5.91 Å². The van der Waals surface area contributed by atoms with Crippen LogP contribution in [0, 0.1) is 11.8 Å². The van der Waals surface area contributed by atoms with Gasteiger partial charge in [-0.1, -0.05) is 60.7 Å². The van der Waals surface area contributed by atoms with Gasteiger partial charge in [-0.2, -0.15) is 0 Å². The highest BCUT2D eigenvalue weighted by Crippen LogP contribution is 2.36. The van der Waals surface area contributed by atoms with Crippen molar-refractivity contribution < 1.29 is 14.3 Å². The molecule has 1 amide bonds. The third kappa shape index (κ3) is 5.99. The maximum Gasteiger partial charge on any atom is 0.254 e. The summed E-state index contributed by atoms with van der Waals surface area (Å²) in [6.45, 7) is 4.83. The normalized spacial score (nSPS) is 20.6. The van der Waals surface area contributed by atoms with Crippen LogP contribution in [0.2, 0.25) is 0 Å². The monoisotopic (exact) mass is 498 g/mol. The van der Waals surface area contributed by atoms with Crippen LogP contribution >= 0.6 is 0 Å². The number of amides is 1. The Hall–Kier alpha value is -3.31. The maximum absolute atomic E-state index is 13.6. The van der Waals surface area contributed by atoms with Crippen LogP contribution in [0.15, 0.2) is 78.9 Å². The number of nitrogens with zero attached hydrogens (tertiary/aromatic N) is 2. The number of hydrogen-bond donors (Lipinski definition) is 0. The number of rotatable bonds is 8. The molecule has 5 nitrogen and oxygen atoms in total. The average Bonchev–Trinajstić information content (AvgIpc) is 3.38. The average molecular weight is 499 g/mol. The lowest BCUT2D eigenvalue weighted by atomic mass is 9.86. The molecule has 2 aliphatic heterocycles. The van der Waals surface area contributed by atoms with E-state index in [1.165, 1.54) is 30.4 Å². The van der Waals surface area contributed by atoms with Crippen LogP contribution in [0.3, 0.4) is 0 Å². The van der Waals surface area contributed by atoms with Crippen LogP contribution in [-0.4, -0.2) is 62.7 Å². The highest BCUT2D eigenvalue weighted by atomic mass is 16.5. The molecule has 0 aromatic heterocycles. The molecule has 0 bridgehead atoms. The smallest absolute Gasteiger partial charge is 0.254 e. The number of piperidine rings is 1. The fraction of sp³-hybridized carbons (Fsp3) is 0.406. The van der Waals surface area contributed by atoms with Gasteiger partial charge in [-0.25, -0.2) is 0 Å². The standard InChI is InChI=1S/C32H38N2O3/c1-36-30-14-13-27(20-31(30)37-2)32(35)34-22-28(29(23-34)26-11-7-4-8-12-26)21-33-17-15-25(16-18-33)19-24-9-5-3-6-10-24/h3-14,20,25,28-29H,15-19,21-23H2,1-2H3. The molecular formula is C32H38N2O3. The molecule has 2 fully saturated rings. The van der Waals surface area contributed by atoms with Crippen LogP contribution in [0.4, 0.5) is 0 Å². The zero-order valence-corrected chi connectivity index (χ0v) is 22.0. The van der Waals surface area contributed by atoms with Crippen molar-refractivity contribution in [3.8, 4) is 11.5 Å². The number of benzene rings is 3. The van der Waals surface area contributed by atoms with Gasteiger partial charge < -0.3 is 19.3 Å². The molecular weight excluding hydrogens is 460 g/mol. The molecule has 194 valence electrons. The lowest BCUT2D eigenvalue weighted by molar-refractivity contribution is 0.0780. The minimum atomic E-state index is 0.0611. The third-order valence-corrected chi connectivity index (χ3v) is 8.15. The Kier molecular flexibility index (Phi) is 8.10. The van der Waals surface area contributed by atoms with E-state index in [1.807, 2.05) is 17.0 Å². The SMILES string of the molecule is COc1ccc(C(=O)N2CC(CN3CCC(Cc4ccccc4)CC3)C(c3ccccc3)C2)cc1OC. The zero-order chi connectivity index (χ0) is 25.6. The molecule has 2 atom stereocenters. The van der Waals surface area contributed by atoms with Crippen LogP contribution in [0.1, 0.15) is 40.2 Å². The van der Waals surface area contributed by atoms with Crippen molar-refractivity contribution in [3.63, 3.8) is 0 Å². The number of likely N-dealkylation sites (tertiary alicyclic amines) is 2. The summed E-state index contributed by atoms with van der Waals surface area (Å²) in [6, 6.07) is 27.0. The highest BCUT2D eigenvalue weighted by Gasteiger charge is 2.38. The van der Waals surface area contributed by atoms with E-state index in [-0.39, 0.29) is 5.91 Å². The second-order valence-electron chi connectivity index (χ2n) is 10.5. The zero-order valence-electron chi connectivity index (χ0n) is 22.0. The molecule has 0 N–H and O–H groups in total. The van der Waals surface area contributed by atoms with Gasteiger partial charge in [0, 0.05) is 31.1 Å². The van der Waals surface area contributed by atoms with Crippen molar-refractivity contribution in [3.05, 3.63) is 95.6 Å². The van der Waals surface area contributed by atoms with E-state index < -0.39 is 0 Å². The second-order valence-corrected chi connectivity index (χ2v) is 10.5. The van der Waals surface area contributed by atoms with Crippen LogP contribution in [0.5, 0.6) is 11.5 Å². The summed E-state index contributed by atoms with van der Waals surface area (Å²) in [7, 11) is 3.21. The Labute approximate surface area is 221 Å². The third-order valence-electron chi connectivity index (χ3n) is 8.15. The van der Waals surface area contributed by atoms with E-state index in [4.69, 9.17) is 9.47 Å². The van der Waals surface area contributed by atoms with Gasteiger partial charge in [0.15, 0.2) is 11.5 Å². The molecule has 2 heterocycles. The van der Waals surface area contributed by atoms with Gasteiger partial charge in [-0.05, 0) is 73.5 Å². The first-order valence-corrected chi connectivity index (χ1v) is 13.5. The van der Waals surface area contributed by atoms with E-state index in [9.17, 15) is 4.79 Å². The predicted molar refractivity (Wildman–Crippen MR) is 147 cm³/mol. The highest BCUT2D eigenvalue weighted by molar-refractivity contribution is 5.95. The van der Waals surface area contributed by atoms with Gasteiger partial charge in [0.05, 0.1) is 14.2 Å². The van der Waals surface area contributed by atoms with Crippen molar-refractivity contribution in [1.29, 1.82) is 0 Å². The minimum Gasteiger partial charge on any atom is -0.493 e. The summed E-state index contributed by atoms with van der Waals surface area (Å²) in [5, 5.41) is 0. The quantitative estimate of drug-likeness (QED) is 0.411. The molecule has 2 unspecified atom stereocenters. The second kappa shape index (κ2) is 11.8. The van der Waals surface area contributed by atoms with Crippen LogP contribution < -0.4 is 9.47 Å². The summed E-state index contributed by atoms with van der Waals surface area (Å²) in [5.41, 5.74) is 3.42. The number of carbonyl (C=O) groups is 1. The summed E-state index contributed by atoms with van der Waals surface area (Å²) >= 11 is 0. The summed E-state index contributed by atoms with van der Waals surface area (Å²) in [6.07, 6.45) is 3.66. The minimum absolute atomic E-state index is 0.0611. The first-order valence-electron chi connectivity index (χ1n) is 13.5. The number of ether oxygens (including phenoxy) is 2. The lowest BCUT2D eigenvalue weighted by Crippen LogP contribution is -2.39. The Balaban J connectivity index is 1.26. The molecule has 3 aromatic rings. The summed E-state index contributed by atoms with van der Waals surface area (Å²) < 4.78 is 10.8. The van der Waals surface area contributed by atoms with E-state index in [0.29, 0.717) is 28.9 Å². The summed E-state index contributed by atoms with van der Waals surface area (Å²) in [5.74, 6) is 2.80. The molecule has 5 heteroatoms. The van der Waals surface area contributed by atoms with E-state index >= 15 is 0 Å². The lowest BCUT2D eigenvalue weighted by Gasteiger charge is -2.34. The first kappa shape index (κ1) is 25.3. The fourth-order valence-corrected chi connectivity index (χ4v) is 6.10. The van der Waals surface area contributed by atoms with Crippen molar-refractivity contribution in [2.24, 2.45) is 11.8 Å². The molecule has 2 aliphatic rings. The van der Waals surface area contributed by atoms with E-state index in [0.717, 1.165) is 38.6 Å². The molecule has 37 heavy (non-hydrogen) atoms. The van der Waals surface area contributed by atoms with E-state index in [2.05, 4.69) is 65.6 Å². The largest absolute Gasteiger partial charge is 0.493 e. The molecule has 0 saturated carbocycles. The number of hydrogen-bond acceptors (Lipinski definition) is 4. The van der Waals surface area contributed by atoms with Gasteiger partial charge in [-0.15, -0.1) is 0 Å². The Bertz CT molecular complexity index is 1160. The number of carbonyl (C=O) groups excluding carboxylic acids is 1. The van der Waals surface area contributed by atoms with Crippen molar-refractivity contribution in [2.45, 2.75) is 25.2 Å². The molecule has 0 spiro atoms. The fourth-order valence-electron chi connectivity index (χ4n) is 6.10. The Morgan fingerprint density at radius 3 is 2.19 bits per heavy atom. The molecule has 5 rings (SSSR count). The van der Waals surface area contributed by atoms with Gasteiger partial charge >= 0.3 is 0 Å². The van der Waals surface area contributed by atoms with Gasteiger partial charge in [0.1, 0.15) is 0 Å². The molecule has 0 aliphatic carbocycles. The van der Waals surface area contributed by atoms with Gasteiger partial charge in [0.25, 0.3) is 5.91 Å². The predicted octanol–water partition coefficient (Wildman–Crippen LogP) is 5.51. The van der Waals surface area contributed by atoms with Crippen molar-refractivity contribution in [1.82, 2.24) is 9.80 Å². The van der Waals surface area contributed by atoms with Crippen molar-refractivity contribution in [2.75, 3.05) is 46.9 Å². The van der Waals surface area contributed by atoms with Gasteiger partial charge in [0.2, 0.25) is 0 Å².